The van der Waals surface area contributed by atoms with Crippen molar-refractivity contribution < 1.29 is 4.57 Å². The predicted octanol–water partition coefficient (Wildman–Crippen LogP) is 3.15. The van der Waals surface area contributed by atoms with Gasteiger partial charge in [-0.1, -0.05) is 24.6 Å². The Morgan fingerprint density at radius 1 is 1.36 bits per heavy atom. The largest absolute Gasteiger partial charge is 0.337 e. The monoisotopic (exact) mass is 211 g/mol. The highest BCUT2D eigenvalue weighted by molar-refractivity contribution is 7.60. The third-order valence-corrected chi connectivity index (χ3v) is 3.00. The molecule has 1 aliphatic rings. The van der Waals surface area contributed by atoms with E-state index >= 15 is 0 Å². The molecule has 0 aromatic rings. The van der Waals surface area contributed by atoms with Crippen molar-refractivity contribution in [3.63, 3.8) is 0 Å². The molecule has 3 heteroatoms. The molecule has 0 aromatic heterocycles. The fraction of sp³-hybridized carbons (Fsp3) is 0.455. The van der Waals surface area contributed by atoms with Crippen molar-refractivity contribution in [1.82, 2.24) is 5.09 Å². The van der Waals surface area contributed by atoms with Crippen LogP contribution in [0.2, 0.25) is 0 Å². The molecule has 0 spiro atoms. The van der Waals surface area contributed by atoms with Crippen LogP contribution in [0.3, 0.4) is 0 Å². The summed E-state index contributed by atoms with van der Waals surface area (Å²) in [5, 5.41) is 3.02. The van der Waals surface area contributed by atoms with Crippen LogP contribution in [0.25, 0.3) is 0 Å². The van der Waals surface area contributed by atoms with Crippen LogP contribution in [0.15, 0.2) is 35.6 Å². The van der Waals surface area contributed by atoms with Gasteiger partial charge < -0.3 is 9.65 Å². The highest BCUT2D eigenvalue weighted by Gasteiger charge is 2.08. The molecule has 0 amide bonds. The number of hydrogen-bond acceptors (Lipinski definition) is 1. The molecule has 1 unspecified atom stereocenters. The molecule has 14 heavy (non-hydrogen) atoms. The lowest BCUT2D eigenvalue weighted by molar-refractivity contribution is 0.578. The maximum atomic E-state index is 11.6. The average Bonchev–Trinajstić information content (AvgIpc) is 2.17. The fourth-order valence-electron chi connectivity index (χ4n) is 1.21. The quantitative estimate of drug-likeness (QED) is 0.711. The first-order valence-corrected chi connectivity index (χ1v) is 7.38. The van der Waals surface area contributed by atoms with Crippen LogP contribution >= 0.6 is 7.29 Å². The van der Waals surface area contributed by atoms with E-state index in [1.807, 2.05) is 12.2 Å². The zero-order chi connectivity index (χ0) is 10.8. The highest BCUT2D eigenvalue weighted by atomic mass is 31.2. The van der Waals surface area contributed by atoms with Gasteiger partial charge in [-0.3, -0.25) is 0 Å². The number of rotatable bonds is 2. The van der Waals surface area contributed by atoms with E-state index in [2.05, 4.69) is 31.1 Å². The Balaban J connectivity index is 2.83. The molecule has 0 fully saturated rings. The minimum absolute atomic E-state index is 0.457. The molecule has 0 aliphatic heterocycles. The summed E-state index contributed by atoms with van der Waals surface area (Å²) < 4.78 is 11.6. The maximum absolute atomic E-state index is 11.6. The van der Waals surface area contributed by atoms with Gasteiger partial charge in [-0.2, -0.15) is 0 Å². The molecule has 0 saturated carbocycles. The molecule has 1 aliphatic carbocycles. The Kier molecular flexibility index (Phi) is 3.38. The Bertz CT molecular complexity index is 346. The van der Waals surface area contributed by atoms with E-state index < -0.39 is 7.29 Å². The third-order valence-electron chi connectivity index (χ3n) is 2.21. The summed E-state index contributed by atoms with van der Waals surface area (Å²) >= 11 is 0. The van der Waals surface area contributed by atoms with E-state index in [1.165, 1.54) is 5.57 Å². The van der Waals surface area contributed by atoms with Crippen LogP contribution in [-0.2, 0) is 4.57 Å². The first-order chi connectivity index (χ1) is 6.38. The molecule has 0 aromatic carbocycles. The van der Waals surface area contributed by atoms with Crippen LogP contribution in [0, 0.1) is 5.92 Å². The Hall–Kier alpha value is -0.750. The third kappa shape index (κ3) is 3.55. The fourth-order valence-corrected chi connectivity index (χ4v) is 1.98. The summed E-state index contributed by atoms with van der Waals surface area (Å²) in [5.74, 6) is 0.457. The number of nitrogens with one attached hydrogen (secondary N) is 1. The predicted molar refractivity (Wildman–Crippen MR) is 62.7 cm³/mol. The van der Waals surface area contributed by atoms with Gasteiger partial charge in [0.05, 0.1) is 0 Å². The molecular weight excluding hydrogens is 193 g/mol. The van der Waals surface area contributed by atoms with E-state index in [4.69, 9.17) is 0 Å². The SMILES string of the molecule is CC1=CC=C(NP(C)(C)=O)C=CC1C. The molecule has 78 valence electrons. The van der Waals surface area contributed by atoms with Crippen LogP contribution < -0.4 is 5.09 Å². The van der Waals surface area contributed by atoms with Gasteiger partial charge in [0.2, 0.25) is 0 Å². The van der Waals surface area contributed by atoms with E-state index in [0.717, 1.165) is 5.70 Å². The van der Waals surface area contributed by atoms with Gasteiger partial charge in [0, 0.05) is 19.0 Å². The van der Waals surface area contributed by atoms with E-state index in [0.29, 0.717) is 5.92 Å². The van der Waals surface area contributed by atoms with Gasteiger partial charge >= 0.3 is 0 Å². The molecule has 1 atom stereocenters. The van der Waals surface area contributed by atoms with Crippen molar-refractivity contribution in [2.75, 3.05) is 13.3 Å². The molecule has 0 heterocycles. The topological polar surface area (TPSA) is 29.1 Å². The highest BCUT2D eigenvalue weighted by Crippen LogP contribution is 2.32. The number of allylic oxidation sites excluding steroid dienone is 5. The van der Waals surface area contributed by atoms with Gasteiger partial charge in [-0.05, 0) is 25.0 Å². The summed E-state index contributed by atoms with van der Waals surface area (Å²) in [5.41, 5.74) is 2.25. The van der Waals surface area contributed by atoms with Gasteiger partial charge in [-0.25, -0.2) is 0 Å². The second kappa shape index (κ2) is 4.18. The molecular formula is C11H18NOP. The van der Waals surface area contributed by atoms with Crippen LogP contribution in [0.4, 0.5) is 0 Å². The maximum Gasteiger partial charge on any atom is 0.164 e. The summed E-state index contributed by atoms with van der Waals surface area (Å²) in [6.45, 7) is 7.71. The van der Waals surface area contributed by atoms with Crippen LogP contribution in [0.5, 0.6) is 0 Å². The molecule has 0 saturated heterocycles. The molecule has 1 rings (SSSR count). The van der Waals surface area contributed by atoms with Crippen molar-refractivity contribution >= 4 is 7.29 Å². The zero-order valence-corrected chi connectivity index (χ0v) is 10.1. The number of hydrogen-bond donors (Lipinski definition) is 1. The first-order valence-electron chi connectivity index (χ1n) is 4.78. The molecule has 2 nitrogen and oxygen atoms in total. The summed E-state index contributed by atoms with van der Waals surface area (Å²) in [6.07, 6.45) is 8.17. The zero-order valence-electron chi connectivity index (χ0n) is 9.24. The Labute approximate surface area is 86.2 Å². The van der Waals surface area contributed by atoms with Crippen LogP contribution in [-0.4, -0.2) is 13.3 Å². The summed E-state index contributed by atoms with van der Waals surface area (Å²) in [7, 11) is -2.19. The van der Waals surface area contributed by atoms with Crippen molar-refractivity contribution in [2.45, 2.75) is 13.8 Å². The van der Waals surface area contributed by atoms with E-state index in [1.54, 1.807) is 13.3 Å². The lowest BCUT2D eigenvalue weighted by atomic mass is 10.0. The lowest BCUT2D eigenvalue weighted by Crippen LogP contribution is -2.06. The van der Waals surface area contributed by atoms with Crippen LogP contribution in [0.1, 0.15) is 13.8 Å². The molecule has 0 radical (unpaired) electrons. The normalized spacial score (nSPS) is 22.4. The van der Waals surface area contributed by atoms with Crippen molar-refractivity contribution in [3.8, 4) is 0 Å². The summed E-state index contributed by atoms with van der Waals surface area (Å²) in [6, 6.07) is 0. The second-order valence-corrected chi connectivity index (χ2v) is 7.07. The smallest absolute Gasteiger partial charge is 0.164 e. The standard InChI is InChI=1S/C11H18NOP/c1-9-5-7-11(8-6-10(9)2)12-14(3,4)13/h5-9H,1-4H3,(H,12,13). The molecule has 1 N–H and O–H groups in total. The van der Waals surface area contributed by atoms with Gasteiger partial charge in [-0.15, -0.1) is 0 Å². The van der Waals surface area contributed by atoms with Gasteiger partial charge in [0.25, 0.3) is 0 Å². The van der Waals surface area contributed by atoms with E-state index in [-0.39, 0.29) is 0 Å². The lowest BCUT2D eigenvalue weighted by Gasteiger charge is -2.10. The van der Waals surface area contributed by atoms with E-state index in [9.17, 15) is 4.57 Å². The first kappa shape index (κ1) is 11.3. The van der Waals surface area contributed by atoms with Gasteiger partial charge in [0.15, 0.2) is 7.29 Å². The Morgan fingerprint density at radius 3 is 2.57 bits per heavy atom. The minimum atomic E-state index is -2.19. The van der Waals surface area contributed by atoms with Crippen molar-refractivity contribution in [2.24, 2.45) is 5.92 Å². The Morgan fingerprint density at radius 2 is 2.00 bits per heavy atom. The van der Waals surface area contributed by atoms with Crippen molar-refractivity contribution in [1.29, 1.82) is 0 Å². The second-order valence-electron chi connectivity index (χ2n) is 4.14. The average molecular weight is 211 g/mol. The van der Waals surface area contributed by atoms with Gasteiger partial charge in [0.1, 0.15) is 0 Å². The summed E-state index contributed by atoms with van der Waals surface area (Å²) in [4.78, 5) is 0. The minimum Gasteiger partial charge on any atom is -0.337 e. The molecule has 0 bridgehead atoms. The van der Waals surface area contributed by atoms with Crippen molar-refractivity contribution in [3.05, 3.63) is 35.6 Å².